The Kier molecular flexibility index (Phi) is 3.39. The highest BCUT2D eigenvalue weighted by molar-refractivity contribution is 5.22. The molecule has 1 nitrogen and oxygen atoms in total. The average molecular weight is 219 g/mol. The SMILES string of the molecule is C=C(C)CNC(c1ccc(F)cc1)C1CC1. The summed E-state index contributed by atoms with van der Waals surface area (Å²) in [6.07, 6.45) is 2.54. The van der Waals surface area contributed by atoms with Gasteiger partial charge in [0.2, 0.25) is 0 Å². The number of hydrogen-bond donors (Lipinski definition) is 1. The molecule has 0 amide bonds. The van der Waals surface area contributed by atoms with E-state index in [1.165, 1.54) is 30.5 Å². The monoisotopic (exact) mass is 219 g/mol. The van der Waals surface area contributed by atoms with E-state index >= 15 is 0 Å². The normalized spacial score (nSPS) is 17.1. The highest BCUT2D eigenvalue weighted by Gasteiger charge is 2.31. The lowest BCUT2D eigenvalue weighted by Crippen LogP contribution is -2.24. The number of rotatable bonds is 5. The van der Waals surface area contributed by atoms with Crippen molar-refractivity contribution < 1.29 is 4.39 Å². The van der Waals surface area contributed by atoms with Crippen LogP contribution in [0.3, 0.4) is 0 Å². The Morgan fingerprint density at radius 2 is 2.06 bits per heavy atom. The first-order valence-electron chi connectivity index (χ1n) is 5.80. The van der Waals surface area contributed by atoms with Gasteiger partial charge in [0.1, 0.15) is 5.82 Å². The minimum atomic E-state index is -0.168. The van der Waals surface area contributed by atoms with E-state index in [9.17, 15) is 4.39 Å². The second-order valence-electron chi connectivity index (χ2n) is 4.70. The van der Waals surface area contributed by atoms with E-state index in [-0.39, 0.29) is 5.82 Å². The summed E-state index contributed by atoms with van der Waals surface area (Å²) < 4.78 is 12.8. The molecule has 1 unspecified atom stereocenters. The summed E-state index contributed by atoms with van der Waals surface area (Å²) >= 11 is 0. The molecule has 1 aromatic carbocycles. The topological polar surface area (TPSA) is 12.0 Å². The molecule has 1 aliphatic rings. The minimum Gasteiger partial charge on any atom is -0.306 e. The maximum atomic E-state index is 12.8. The predicted octanol–water partition coefficient (Wildman–Crippen LogP) is 3.44. The van der Waals surface area contributed by atoms with Gasteiger partial charge in [-0.1, -0.05) is 24.3 Å². The summed E-state index contributed by atoms with van der Waals surface area (Å²) in [5, 5.41) is 3.49. The Morgan fingerprint density at radius 1 is 1.44 bits per heavy atom. The zero-order valence-corrected chi connectivity index (χ0v) is 9.67. The molecule has 0 aliphatic heterocycles. The zero-order chi connectivity index (χ0) is 11.5. The van der Waals surface area contributed by atoms with E-state index in [1.54, 1.807) is 0 Å². The number of nitrogens with one attached hydrogen (secondary N) is 1. The quantitative estimate of drug-likeness (QED) is 0.748. The van der Waals surface area contributed by atoms with E-state index in [4.69, 9.17) is 0 Å². The molecule has 0 saturated heterocycles. The molecule has 1 atom stereocenters. The van der Waals surface area contributed by atoms with Gasteiger partial charge in [-0.3, -0.25) is 0 Å². The van der Waals surface area contributed by atoms with Crippen LogP contribution in [0.2, 0.25) is 0 Å². The molecular formula is C14H18FN. The van der Waals surface area contributed by atoms with Gasteiger partial charge in [-0.05, 0) is 43.4 Å². The summed E-state index contributed by atoms with van der Waals surface area (Å²) in [6.45, 7) is 6.74. The molecule has 1 fully saturated rings. The highest BCUT2D eigenvalue weighted by Crippen LogP contribution is 2.40. The lowest BCUT2D eigenvalue weighted by molar-refractivity contribution is 0.501. The molecule has 1 aliphatic carbocycles. The van der Waals surface area contributed by atoms with Crippen molar-refractivity contribution in [3.05, 3.63) is 47.8 Å². The third-order valence-electron chi connectivity index (χ3n) is 2.95. The Bertz CT molecular complexity index is 365. The third kappa shape index (κ3) is 2.92. The van der Waals surface area contributed by atoms with Crippen LogP contribution in [-0.2, 0) is 0 Å². The van der Waals surface area contributed by atoms with E-state index in [0.717, 1.165) is 12.1 Å². The molecule has 1 saturated carbocycles. The van der Waals surface area contributed by atoms with Crippen molar-refractivity contribution in [2.45, 2.75) is 25.8 Å². The van der Waals surface area contributed by atoms with Crippen molar-refractivity contribution in [2.24, 2.45) is 5.92 Å². The van der Waals surface area contributed by atoms with Crippen molar-refractivity contribution in [1.29, 1.82) is 0 Å². The molecule has 0 aromatic heterocycles. The van der Waals surface area contributed by atoms with E-state index in [1.807, 2.05) is 19.1 Å². The van der Waals surface area contributed by atoms with Crippen molar-refractivity contribution >= 4 is 0 Å². The highest BCUT2D eigenvalue weighted by atomic mass is 19.1. The van der Waals surface area contributed by atoms with E-state index in [0.29, 0.717) is 12.0 Å². The molecule has 2 rings (SSSR count). The predicted molar refractivity (Wildman–Crippen MR) is 64.7 cm³/mol. The number of hydrogen-bond acceptors (Lipinski definition) is 1. The van der Waals surface area contributed by atoms with Crippen LogP contribution in [0.5, 0.6) is 0 Å². The summed E-state index contributed by atoms with van der Waals surface area (Å²) in [5.74, 6) is 0.544. The Labute approximate surface area is 96.4 Å². The van der Waals surface area contributed by atoms with Crippen LogP contribution in [0, 0.1) is 11.7 Å². The van der Waals surface area contributed by atoms with Crippen LogP contribution in [-0.4, -0.2) is 6.54 Å². The van der Waals surface area contributed by atoms with Gasteiger partial charge in [-0.15, -0.1) is 0 Å². The van der Waals surface area contributed by atoms with E-state index in [2.05, 4.69) is 11.9 Å². The van der Waals surface area contributed by atoms with E-state index < -0.39 is 0 Å². The molecule has 0 heterocycles. The maximum absolute atomic E-state index is 12.8. The molecule has 16 heavy (non-hydrogen) atoms. The van der Waals surface area contributed by atoms with Gasteiger partial charge in [0.05, 0.1) is 0 Å². The fourth-order valence-electron chi connectivity index (χ4n) is 1.94. The maximum Gasteiger partial charge on any atom is 0.123 e. The summed E-state index contributed by atoms with van der Waals surface area (Å²) in [7, 11) is 0. The van der Waals surface area contributed by atoms with Crippen LogP contribution in [0.1, 0.15) is 31.4 Å². The fraction of sp³-hybridized carbons (Fsp3) is 0.429. The van der Waals surface area contributed by atoms with Gasteiger partial charge in [-0.25, -0.2) is 4.39 Å². The second kappa shape index (κ2) is 4.79. The molecule has 0 bridgehead atoms. The summed E-state index contributed by atoms with van der Waals surface area (Å²) in [5.41, 5.74) is 2.32. The number of benzene rings is 1. The van der Waals surface area contributed by atoms with Gasteiger partial charge in [-0.2, -0.15) is 0 Å². The lowest BCUT2D eigenvalue weighted by Gasteiger charge is -2.18. The minimum absolute atomic E-state index is 0.168. The zero-order valence-electron chi connectivity index (χ0n) is 9.67. The summed E-state index contributed by atoms with van der Waals surface area (Å²) in [4.78, 5) is 0. The Balaban J connectivity index is 2.06. The van der Waals surface area contributed by atoms with Gasteiger partial charge < -0.3 is 5.32 Å². The molecule has 0 spiro atoms. The molecule has 1 N–H and O–H groups in total. The molecule has 86 valence electrons. The standard InChI is InChI=1S/C14H18FN/c1-10(2)9-16-14(11-3-4-11)12-5-7-13(15)8-6-12/h5-8,11,14,16H,1,3-4,9H2,2H3. The Morgan fingerprint density at radius 3 is 2.56 bits per heavy atom. The number of halogens is 1. The lowest BCUT2D eigenvalue weighted by atomic mass is 10.0. The van der Waals surface area contributed by atoms with Crippen molar-refractivity contribution in [2.75, 3.05) is 6.54 Å². The molecule has 2 heteroatoms. The third-order valence-corrected chi connectivity index (χ3v) is 2.95. The van der Waals surface area contributed by atoms with Crippen LogP contribution in [0.25, 0.3) is 0 Å². The molecule has 0 radical (unpaired) electrons. The van der Waals surface area contributed by atoms with Gasteiger partial charge in [0.15, 0.2) is 0 Å². The van der Waals surface area contributed by atoms with Gasteiger partial charge in [0, 0.05) is 12.6 Å². The molecule has 1 aromatic rings. The fourth-order valence-corrected chi connectivity index (χ4v) is 1.94. The Hall–Kier alpha value is -1.15. The van der Waals surface area contributed by atoms with Crippen molar-refractivity contribution in [1.82, 2.24) is 5.32 Å². The first-order valence-corrected chi connectivity index (χ1v) is 5.80. The van der Waals surface area contributed by atoms with Crippen molar-refractivity contribution in [3.63, 3.8) is 0 Å². The van der Waals surface area contributed by atoms with Crippen LogP contribution in [0.4, 0.5) is 4.39 Å². The van der Waals surface area contributed by atoms with Crippen LogP contribution >= 0.6 is 0 Å². The van der Waals surface area contributed by atoms with Crippen LogP contribution < -0.4 is 5.32 Å². The molecular weight excluding hydrogens is 201 g/mol. The summed E-state index contributed by atoms with van der Waals surface area (Å²) in [6, 6.07) is 7.19. The van der Waals surface area contributed by atoms with Crippen molar-refractivity contribution in [3.8, 4) is 0 Å². The smallest absolute Gasteiger partial charge is 0.123 e. The average Bonchev–Trinajstić information content (AvgIpc) is 3.04. The first-order chi connectivity index (χ1) is 7.66. The van der Waals surface area contributed by atoms with Crippen LogP contribution in [0.15, 0.2) is 36.4 Å². The van der Waals surface area contributed by atoms with Gasteiger partial charge in [0.25, 0.3) is 0 Å². The first kappa shape index (κ1) is 11.3. The second-order valence-corrected chi connectivity index (χ2v) is 4.70. The van der Waals surface area contributed by atoms with Gasteiger partial charge >= 0.3 is 0 Å². The largest absolute Gasteiger partial charge is 0.306 e.